The molecule has 0 spiro atoms. The fraction of sp³-hybridized carbons (Fsp3) is 0.478. The second-order valence-corrected chi connectivity index (χ2v) is 7.87. The maximum Gasteiger partial charge on any atom is 0.326 e. The van der Waals surface area contributed by atoms with E-state index in [1.807, 2.05) is 49.4 Å². The van der Waals surface area contributed by atoms with Crippen molar-refractivity contribution in [2.45, 2.75) is 38.6 Å². The van der Waals surface area contributed by atoms with E-state index >= 15 is 0 Å². The Labute approximate surface area is 173 Å². The lowest BCUT2D eigenvalue weighted by atomic mass is 10.2. The van der Waals surface area contributed by atoms with E-state index in [4.69, 9.17) is 0 Å². The summed E-state index contributed by atoms with van der Waals surface area (Å²) >= 11 is 0. The number of rotatable bonds is 5. The first-order chi connectivity index (χ1) is 14.2. The number of piperazine rings is 1. The zero-order valence-corrected chi connectivity index (χ0v) is 17.3. The first kappa shape index (κ1) is 19.7. The normalized spacial score (nSPS) is 18.0. The predicted molar refractivity (Wildman–Crippen MR) is 119 cm³/mol. The Morgan fingerprint density at radius 1 is 1.10 bits per heavy atom. The number of benzene rings is 1. The summed E-state index contributed by atoms with van der Waals surface area (Å²) in [5.74, 6) is 0.941. The summed E-state index contributed by atoms with van der Waals surface area (Å²) in [5.41, 5.74) is 1.68. The summed E-state index contributed by atoms with van der Waals surface area (Å²) in [6.07, 6.45) is 7.26. The van der Waals surface area contributed by atoms with Crippen molar-refractivity contribution < 1.29 is 4.79 Å². The Kier molecular flexibility index (Phi) is 6.30. The van der Waals surface area contributed by atoms with E-state index in [0.29, 0.717) is 6.54 Å². The highest BCUT2D eigenvalue weighted by Gasteiger charge is 2.26. The number of pyridine rings is 1. The average Bonchev–Trinajstić information content (AvgIpc) is 3.30. The van der Waals surface area contributed by atoms with Gasteiger partial charge in [-0.15, -0.1) is 0 Å². The van der Waals surface area contributed by atoms with Gasteiger partial charge in [0.05, 0.1) is 0 Å². The quantitative estimate of drug-likeness (QED) is 0.827. The number of nitrogens with zero attached hydrogens (tertiary/aromatic N) is 4. The molecule has 29 heavy (non-hydrogen) atoms. The van der Waals surface area contributed by atoms with Crippen LogP contribution in [0.3, 0.4) is 0 Å². The highest BCUT2D eigenvalue weighted by atomic mass is 16.2. The molecule has 1 aliphatic heterocycles. The molecule has 2 aliphatic rings. The van der Waals surface area contributed by atoms with Gasteiger partial charge in [0.25, 0.3) is 0 Å². The van der Waals surface area contributed by atoms with Crippen LogP contribution in [0.15, 0.2) is 48.7 Å². The van der Waals surface area contributed by atoms with E-state index in [9.17, 15) is 4.79 Å². The molecule has 2 aromatic rings. The fourth-order valence-corrected chi connectivity index (χ4v) is 4.50. The minimum absolute atomic E-state index is 0.123. The smallest absolute Gasteiger partial charge is 0.326 e. The highest BCUT2D eigenvalue weighted by Crippen LogP contribution is 2.26. The largest absolute Gasteiger partial charge is 0.354 e. The van der Waals surface area contributed by atoms with Crippen molar-refractivity contribution in [3.8, 4) is 0 Å². The summed E-state index contributed by atoms with van der Waals surface area (Å²) in [6, 6.07) is 14.3. The van der Waals surface area contributed by atoms with E-state index in [1.165, 1.54) is 25.7 Å². The molecule has 0 bridgehead atoms. The third-order valence-electron chi connectivity index (χ3n) is 6.11. The van der Waals surface area contributed by atoms with Crippen molar-refractivity contribution in [3.05, 3.63) is 48.7 Å². The number of carbonyl (C=O) groups excluding carboxylic acids is 1. The standard InChI is InChI=1S/C23H31N5O/c1-2-28(21-10-4-3-5-11-21)23(29)25-19-12-13-24-22(18-19)27-16-14-26(15-17-27)20-8-6-7-9-20/h3-5,10-13,18,20H,2,6-9,14-17H2,1H3,(H,24,25,29). The lowest BCUT2D eigenvalue weighted by Gasteiger charge is -2.38. The molecule has 1 aliphatic carbocycles. The van der Waals surface area contributed by atoms with Gasteiger partial charge in [0.1, 0.15) is 5.82 Å². The second-order valence-electron chi connectivity index (χ2n) is 7.87. The second kappa shape index (κ2) is 9.27. The van der Waals surface area contributed by atoms with Gasteiger partial charge in [-0.25, -0.2) is 9.78 Å². The van der Waals surface area contributed by atoms with Gasteiger partial charge in [-0.2, -0.15) is 0 Å². The van der Waals surface area contributed by atoms with Gasteiger partial charge >= 0.3 is 6.03 Å². The van der Waals surface area contributed by atoms with E-state index in [-0.39, 0.29) is 6.03 Å². The Balaban J connectivity index is 1.38. The van der Waals surface area contributed by atoms with Crippen molar-refractivity contribution in [2.75, 3.05) is 47.8 Å². The maximum atomic E-state index is 12.8. The van der Waals surface area contributed by atoms with Gasteiger partial charge in [-0.05, 0) is 38.0 Å². The van der Waals surface area contributed by atoms with Gasteiger partial charge < -0.3 is 10.2 Å². The van der Waals surface area contributed by atoms with Crippen molar-refractivity contribution >= 4 is 23.2 Å². The number of aromatic nitrogens is 1. The first-order valence-electron chi connectivity index (χ1n) is 10.8. The first-order valence-corrected chi connectivity index (χ1v) is 10.8. The molecule has 1 N–H and O–H groups in total. The summed E-state index contributed by atoms with van der Waals surface area (Å²) in [7, 11) is 0. The van der Waals surface area contributed by atoms with Crippen LogP contribution in [0.1, 0.15) is 32.6 Å². The van der Waals surface area contributed by atoms with Crippen LogP contribution < -0.4 is 15.1 Å². The van der Waals surface area contributed by atoms with Crippen LogP contribution in [-0.4, -0.2) is 54.7 Å². The van der Waals surface area contributed by atoms with E-state index in [2.05, 4.69) is 20.1 Å². The number of para-hydroxylation sites is 1. The minimum Gasteiger partial charge on any atom is -0.354 e. The van der Waals surface area contributed by atoms with Crippen LogP contribution in [0.4, 0.5) is 22.0 Å². The van der Waals surface area contributed by atoms with Crippen molar-refractivity contribution in [1.82, 2.24) is 9.88 Å². The number of amides is 2. The SMILES string of the molecule is CCN(C(=O)Nc1ccnc(N2CCN(C3CCCC3)CC2)c1)c1ccccc1. The van der Waals surface area contributed by atoms with Gasteiger partial charge in [0.15, 0.2) is 0 Å². The molecule has 6 nitrogen and oxygen atoms in total. The number of anilines is 3. The molecule has 2 heterocycles. The maximum absolute atomic E-state index is 12.8. The zero-order valence-electron chi connectivity index (χ0n) is 17.3. The summed E-state index contributed by atoms with van der Waals surface area (Å²) in [4.78, 5) is 24.1. The number of nitrogens with one attached hydrogen (secondary N) is 1. The van der Waals surface area contributed by atoms with Gasteiger partial charge in [-0.3, -0.25) is 9.80 Å². The molecule has 1 aromatic heterocycles. The lowest BCUT2D eigenvalue weighted by molar-refractivity contribution is 0.187. The minimum atomic E-state index is -0.123. The third kappa shape index (κ3) is 4.70. The molecule has 0 atom stereocenters. The Bertz CT molecular complexity index is 798. The van der Waals surface area contributed by atoms with E-state index < -0.39 is 0 Å². The third-order valence-corrected chi connectivity index (χ3v) is 6.11. The van der Waals surface area contributed by atoms with Crippen molar-refractivity contribution in [3.63, 3.8) is 0 Å². The number of carbonyl (C=O) groups is 1. The Morgan fingerprint density at radius 2 is 1.83 bits per heavy atom. The molecule has 0 unspecified atom stereocenters. The van der Waals surface area contributed by atoms with Crippen LogP contribution in [0.5, 0.6) is 0 Å². The molecule has 6 heteroatoms. The van der Waals surface area contributed by atoms with Gasteiger partial charge in [0, 0.05) is 62.4 Å². The van der Waals surface area contributed by atoms with Crippen LogP contribution in [-0.2, 0) is 0 Å². The monoisotopic (exact) mass is 393 g/mol. The van der Waals surface area contributed by atoms with Crippen molar-refractivity contribution in [2.24, 2.45) is 0 Å². The van der Waals surface area contributed by atoms with Crippen LogP contribution in [0.2, 0.25) is 0 Å². The van der Waals surface area contributed by atoms with E-state index in [1.54, 1.807) is 11.1 Å². The van der Waals surface area contributed by atoms with Gasteiger partial charge in [0.2, 0.25) is 0 Å². The predicted octanol–water partition coefficient (Wildman–Crippen LogP) is 4.20. The van der Waals surface area contributed by atoms with Crippen LogP contribution in [0, 0.1) is 0 Å². The molecule has 1 saturated carbocycles. The van der Waals surface area contributed by atoms with E-state index in [0.717, 1.165) is 49.4 Å². The lowest BCUT2D eigenvalue weighted by Crippen LogP contribution is -2.50. The average molecular weight is 394 g/mol. The molecule has 154 valence electrons. The summed E-state index contributed by atoms with van der Waals surface area (Å²) in [5, 5.41) is 3.03. The molecule has 4 rings (SSSR count). The highest BCUT2D eigenvalue weighted by molar-refractivity contribution is 6.01. The molecular formula is C23H31N5O. The number of hydrogen-bond donors (Lipinski definition) is 1. The number of urea groups is 1. The Morgan fingerprint density at radius 3 is 2.52 bits per heavy atom. The number of hydrogen-bond acceptors (Lipinski definition) is 4. The van der Waals surface area contributed by atoms with Gasteiger partial charge in [-0.1, -0.05) is 31.0 Å². The van der Waals surface area contributed by atoms with Crippen LogP contribution in [0.25, 0.3) is 0 Å². The fourth-order valence-electron chi connectivity index (χ4n) is 4.50. The molecule has 2 fully saturated rings. The molecule has 1 aromatic carbocycles. The summed E-state index contributed by atoms with van der Waals surface area (Å²) < 4.78 is 0. The topological polar surface area (TPSA) is 51.7 Å². The molecule has 0 radical (unpaired) electrons. The zero-order chi connectivity index (χ0) is 20.1. The van der Waals surface area contributed by atoms with Crippen LogP contribution >= 0.6 is 0 Å². The molecule has 1 saturated heterocycles. The molecule has 2 amide bonds. The Hall–Kier alpha value is -2.60. The molecular weight excluding hydrogens is 362 g/mol. The van der Waals surface area contributed by atoms with Crippen molar-refractivity contribution in [1.29, 1.82) is 0 Å². The summed E-state index contributed by atoms with van der Waals surface area (Å²) in [6.45, 7) is 6.77.